The van der Waals surface area contributed by atoms with Crippen molar-refractivity contribution in [3.8, 4) is 5.75 Å². The molecule has 4 rings (SSSR count). The van der Waals surface area contributed by atoms with Crippen LogP contribution in [0.1, 0.15) is 19.3 Å². The summed E-state index contributed by atoms with van der Waals surface area (Å²) in [6.45, 7) is 2.44. The Bertz CT molecular complexity index is 740. The highest BCUT2D eigenvalue weighted by Gasteiger charge is 2.51. The molecule has 1 aliphatic carbocycles. The van der Waals surface area contributed by atoms with Crippen LogP contribution in [0, 0.1) is 11.8 Å². The van der Waals surface area contributed by atoms with Gasteiger partial charge in [-0.05, 0) is 24.6 Å². The fourth-order valence-electron chi connectivity index (χ4n) is 3.85. The second-order valence-corrected chi connectivity index (χ2v) is 7.65. The number of hydrogen-bond donors (Lipinski definition) is 1. The quantitative estimate of drug-likeness (QED) is 0.847. The third-order valence-electron chi connectivity index (χ3n) is 5.51. The number of amides is 2. The Labute approximate surface area is 162 Å². The van der Waals surface area contributed by atoms with Gasteiger partial charge in [0.15, 0.2) is 5.79 Å². The summed E-state index contributed by atoms with van der Waals surface area (Å²) in [4.78, 5) is 27.1. The van der Waals surface area contributed by atoms with Gasteiger partial charge in [-0.3, -0.25) is 9.59 Å². The van der Waals surface area contributed by atoms with E-state index in [-0.39, 0.29) is 23.7 Å². The van der Waals surface area contributed by atoms with E-state index in [9.17, 15) is 9.59 Å². The van der Waals surface area contributed by atoms with Crippen LogP contribution in [0.4, 0.5) is 5.69 Å². The Morgan fingerprint density at radius 1 is 1.22 bits per heavy atom. The lowest BCUT2D eigenvalue weighted by atomic mass is 10.0. The summed E-state index contributed by atoms with van der Waals surface area (Å²) in [5.74, 6) is -0.661. The van der Waals surface area contributed by atoms with Gasteiger partial charge in [-0.2, -0.15) is 0 Å². The molecule has 1 saturated carbocycles. The van der Waals surface area contributed by atoms with E-state index in [4.69, 9.17) is 25.8 Å². The minimum atomic E-state index is -0.500. The Morgan fingerprint density at radius 3 is 2.59 bits per heavy atom. The molecule has 146 valence electrons. The van der Waals surface area contributed by atoms with E-state index in [0.717, 1.165) is 0 Å². The number of ether oxygens (including phenoxy) is 3. The van der Waals surface area contributed by atoms with Gasteiger partial charge in [-0.15, -0.1) is 0 Å². The summed E-state index contributed by atoms with van der Waals surface area (Å²) in [5, 5.41) is 3.34. The predicted molar refractivity (Wildman–Crippen MR) is 98.7 cm³/mol. The fraction of sp³-hybridized carbons (Fsp3) is 0.579. The highest BCUT2D eigenvalue weighted by Crippen LogP contribution is 2.43. The van der Waals surface area contributed by atoms with Gasteiger partial charge in [0.05, 0.1) is 37.8 Å². The van der Waals surface area contributed by atoms with Gasteiger partial charge in [0, 0.05) is 31.0 Å². The molecule has 2 atom stereocenters. The molecule has 2 unspecified atom stereocenters. The number of halogens is 1. The standard InChI is InChI=1S/C19H23ClN2O5/c1-25-16-3-2-12(20)10-15(16)21-17(23)13-11-14(13)18(24)22-6-4-19(5-7-22)26-8-9-27-19/h2-3,10,13-14H,4-9,11H2,1H3,(H,21,23). The molecule has 2 aliphatic heterocycles. The molecular weight excluding hydrogens is 372 g/mol. The van der Waals surface area contributed by atoms with Crippen molar-refractivity contribution in [3.63, 3.8) is 0 Å². The summed E-state index contributed by atoms with van der Waals surface area (Å²) >= 11 is 6.00. The lowest BCUT2D eigenvalue weighted by molar-refractivity contribution is -0.187. The zero-order valence-corrected chi connectivity index (χ0v) is 16.0. The average Bonchev–Trinajstić information content (AvgIpc) is 3.36. The minimum absolute atomic E-state index is 0.0426. The van der Waals surface area contributed by atoms with Crippen molar-refractivity contribution >= 4 is 29.1 Å². The van der Waals surface area contributed by atoms with Gasteiger partial charge in [-0.1, -0.05) is 11.6 Å². The number of piperidine rings is 1. The smallest absolute Gasteiger partial charge is 0.228 e. The van der Waals surface area contributed by atoms with Crippen molar-refractivity contribution in [1.82, 2.24) is 4.90 Å². The first kappa shape index (κ1) is 18.5. The number of rotatable bonds is 4. The summed E-state index contributed by atoms with van der Waals surface area (Å²) < 4.78 is 16.6. The second-order valence-electron chi connectivity index (χ2n) is 7.22. The molecule has 0 bridgehead atoms. The van der Waals surface area contributed by atoms with Gasteiger partial charge in [0.25, 0.3) is 0 Å². The molecule has 3 fully saturated rings. The zero-order valence-electron chi connectivity index (χ0n) is 15.2. The molecule has 3 aliphatic rings. The van der Waals surface area contributed by atoms with E-state index in [1.165, 1.54) is 7.11 Å². The van der Waals surface area contributed by atoms with Crippen molar-refractivity contribution in [2.24, 2.45) is 11.8 Å². The summed E-state index contributed by atoms with van der Waals surface area (Å²) in [7, 11) is 1.53. The molecule has 2 amide bonds. The highest BCUT2D eigenvalue weighted by atomic mass is 35.5. The van der Waals surface area contributed by atoms with Crippen LogP contribution in [0.25, 0.3) is 0 Å². The molecule has 2 saturated heterocycles. The van der Waals surface area contributed by atoms with Gasteiger partial charge < -0.3 is 24.4 Å². The van der Waals surface area contributed by atoms with Crippen LogP contribution in [0.3, 0.4) is 0 Å². The predicted octanol–water partition coefficient (Wildman–Crippen LogP) is 2.29. The van der Waals surface area contributed by atoms with E-state index < -0.39 is 5.79 Å². The molecule has 0 radical (unpaired) electrons. The number of carbonyl (C=O) groups excluding carboxylic acids is 2. The van der Waals surface area contributed by atoms with Crippen LogP contribution < -0.4 is 10.1 Å². The first-order chi connectivity index (χ1) is 13.0. The van der Waals surface area contributed by atoms with Crippen LogP contribution in [0.5, 0.6) is 5.75 Å². The largest absolute Gasteiger partial charge is 0.495 e. The van der Waals surface area contributed by atoms with E-state index in [0.29, 0.717) is 62.0 Å². The average molecular weight is 395 g/mol. The van der Waals surface area contributed by atoms with Crippen molar-refractivity contribution in [2.45, 2.75) is 25.0 Å². The Balaban J connectivity index is 1.32. The van der Waals surface area contributed by atoms with Gasteiger partial charge >= 0.3 is 0 Å². The minimum Gasteiger partial charge on any atom is -0.495 e. The number of carbonyl (C=O) groups is 2. The van der Waals surface area contributed by atoms with Crippen molar-refractivity contribution < 1.29 is 23.8 Å². The number of benzene rings is 1. The molecule has 1 spiro atoms. The Kier molecular flexibility index (Phi) is 5.01. The van der Waals surface area contributed by atoms with Crippen LogP contribution in [-0.4, -0.2) is 55.9 Å². The lowest BCUT2D eigenvalue weighted by Gasteiger charge is -2.37. The molecule has 1 aromatic carbocycles. The van der Waals surface area contributed by atoms with E-state index in [2.05, 4.69) is 5.32 Å². The third kappa shape index (κ3) is 3.77. The van der Waals surface area contributed by atoms with Crippen molar-refractivity contribution in [2.75, 3.05) is 38.7 Å². The number of nitrogens with zero attached hydrogens (tertiary/aromatic N) is 1. The molecule has 2 heterocycles. The summed E-state index contributed by atoms with van der Waals surface area (Å²) in [6.07, 6.45) is 1.94. The molecule has 1 aromatic rings. The SMILES string of the molecule is COc1ccc(Cl)cc1NC(=O)C1CC1C(=O)N1CCC2(CC1)OCCO2. The Morgan fingerprint density at radius 2 is 1.93 bits per heavy atom. The topological polar surface area (TPSA) is 77.1 Å². The van der Waals surface area contributed by atoms with E-state index in [1.54, 1.807) is 18.2 Å². The first-order valence-electron chi connectivity index (χ1n) is 9.22. The number of likely N-dealkylation sites (tertiary alicyclic amines) is 1. The molecule has 7 nitrogen and oxygen atoms in total. The highest BCUT2D eigenvalue weighted by molar-refractivity contribution is 6.31. The maximum Gasteiger partial charge on any atom is 0.228 e. The molecule has 27 heavy (non-hydrogen) atoms. The normalized spacial score (nSPS) is 26.1. The van der Waals surface area contributed by atoms with Crippen LogP contribution in [-0.2, 0) is 19.1 Å². The maximum absolute atomic E-state index is 12.7. The summed E-state index contributed by atoms with van der Waals surface area (Å²) in [6, 6.07) is 5.04. The van der Waals surface area contributed by atoms with E-state index >= 15 is 0 Å². The fourth-order valence-corrected chi connectivity index (χ4v) is 4.02. The van der Waals surface area contributed by atoms with Crippen LogP contribution >= 0.6 is 11.6 Å². The Hall–Kier alpha value is -1.83. The van der Waals surface area contributed by atoms with Crippen LogP contribution in [0.15, 0.2) is 18.2 Å². The molecule has 8 heteroatoms. The van der Waals surface area contributed by atoms with Gasteiger partial charge in [-0.25, -0.2) is 0 Å². The van der Waals surface area contributed by atoms with Crippen molar-refractivity contribution in [3.05, 3.63) is 23.2 Å². The van der Waals surface area contributed by atoms with Gasteiger partial charge in [0.2, 0.25) is 11.8 Å². The molecule has 0 aromatic heterocycles. The number of hydrogen-bond acceptors (Lipinski definition) is 5. The first-order valence-corrected chi connectivity index (χ1v) is 9.60. The lowest BCUT2D eigenvalue weighted by Crippen LogP contribution is -2.48. The van der Waals surface area contributed by atoms with Crippen molar-refractivity contribution in [1.29, 1.82) is 0 Å². The zero-order chi connectivity index (χ0) is 19.0. The van der Waals surface area contributed by atoms with Crippen LogP contribution in [0.2, 0.25) is 5.02 Å². The molecular formula is C19H23ClN2O5. The maximum atomic E-state index is 12.7. The number of anilines is 1. The summed E-state index contributed by atoms with van der Waals surface area (Å²) in [5.41, 5.74) is 0.517. The number of nitrogens with one attached hydrogen (secondary N) is 1. The van der Waals surface area contributed by atoms with E-state index in [1.807, 2.05) is 4.90 Å². The number of methoxy groups -OCH3 is 1. The van der Waals surface area contributed by atoms with Gasteiger partial charge in [0.1, 0.15) is 5.75 Å². The second kappa shape index (κ2) is 7.30. The molecule has 1 N–H and O–H groups in total. The monoisotopic (exact) mass is 394 g/mol. The third-order valence-corrected chi connectivity index (χ3v) is 5.75.